The second-order valence-corrected chi connectivity index (χ2v) is 9.59. The third-order valence-corrected chi connectivity index (χ3v) is 7.42. The van der Waals surface area contributed by atoms with Crippen molar-refractivity contribution in [1.82, 2.24) is 4.72 Å². The smallest absolute Gasteiger partial charge is 0.321 e. The van der Waals surface area contributed by atoms with Crippen LogP contribution in [0, 0.1) is 0 Å². The fourth-order valence-electron chi connectivity index (χ4n) is 3.32. The first-order valence-electron chi connectivity index (χ1n) is 9.14. The molecule has 4 rings (SSSR count). The number of fused-ring (bicyclic) bond motifs is 3. The topological polar surface area (TPSA) is 83.5 Å². The van der Waals surface area contributed by atoms with Crippen molar-refractivity contribution < 1.29 is 18.3 Å². The average Bonchev–Trinajstić information content (AvgIpc) is 3.09. The molecule has 1 heterocycles. The van der Waals surface area contributed by atoms with Crippen LogP contribution in [0.5, 0.6) is 0 Å². The first-order valence-corrected chi connectivity index (χ1v) is 11.4. The fraction of sp³-hybridized carbons (Fsp3) is 0.136. The van der Waals surface area contributed by atoms with Crippen molar-refractivity contribution in [1.29, 1.82) is 0 Å². The molecule has 0 aliphatic heterocycles. The van der Waals surface area contributed by atoms with Crippen LogP contribution in [-0.4, -0.2) is 25.5 Å². The highest BCUT2D eigenvalue weighted by Crippen LogP contribution is 2.34. The Morgan fingerprint density at radius 3 is 2.38 bits per heavy atom. The highest BCUT2D eigenvalue weighted by atomic mass is 32.2. The minimum absolute atomic E-state index is 0.0718. The molecule has 0 saturated carbocycles. The Balaban J connectivity index is 1.59. The lowest BCUT2D eigenvalue weighted by molar-refractivity contribution is -0.139. The predicted octanol–water partition coefficient (Wildman–Crippen LogP) is 4.42. The van der Waals surface area contributed by atoms with Gasteiger partial charge in [-0.2, -0.15) is 4.72 Å². The van der Waals surface area contributed by atoms with Gasteiger partial charge in [-0.25, -0.2) is 8.42 Å². The van der Waals surface area contributed by atoms with Gasteiger partial charge in [0.1, 0.15) is 6.04 Å². The molecular weight excluding hydrogens is 406 g/mol. The van der Waals surface area contributed by atoms with E-state index >= 15 is 0 Å². The van der Waals surface area contributed by atoms with E-state index in [9.17, 15) is 18.3 Å². The molecule has 2 N–H and O–H groups in total. The van der Waals surface area contributed by atoms with E-state index in [0.717, 1.165) is 25.7 Å². The molecular formula is C22H19NO4S2. The summed E-state index contributed by atoms with van der Waals surface area (Å²) in [6.07, 6.45) is 0.638. The Kier molecular flexibility index (Phi) is 5.36. The highest BCUT2D eigenvalue weighted by molar-refractivity contribution is 7.89. The second kappa shape index (κ2) is 7.94. The van der Waals surface area contributed by atoms with E-state index in [1.807, 2.05) is 54.6 Å². The largest absolute Gasteiger partial charge is 0.480 e. The van der Waals surface area contributed by atoms with Gasteiger partial charge in [0.15, 0.2) is 0 Å². The van der Waals surface area contributed by atoms with Gasteiger partial charge in [0.25, 0.3) is 0 Å². The standard InChI is InChI=1S/C22H19NO4S2/c24-22(25)19(13-10-15-6-2-1-3-7-15)23-29(26,27)16-11-12-18-17-8-4-5-9-20(17)28-21(18)14-16/h1-9,11-12,14,19,23H,10,13H2,(H,24,25)/t19-/m0/s1. The normalized spacial score (nSPS) is 13.0. The Morgan fingerprint density at radius 1 is 0.931 bits per heavy atom. The zero-order valence-corrected chi connectivity index (χ0v) is 17.0. The summed E-state index contributed by atoms with van der Waals surface area (Å²) < 4.78 is 30.0. The molecule has 4 aromatic rings. The van der Waals surface area contributed by atoms with Crippen molar-refractivity contribution in [3.05, 3.63) is 78.4 Å². The lowest BCUT2D eigenvalue weighted by Gasteiger charge is -2.15. The van der Waals surface area contributed by atoms with Gasteiger partial charge in [0.05, 0.1) is 4.90 Å². The number of carboxylic acids is 1. The Hall–Kier alpha value is -2.74. The fourth-order valence-corrected chi connectivity index (χ4v) is 5.79. The number of sulfonamides is 1. The van der Waals surface area contributed by atoms with Crippen molar-refractivity contribution >= 4 is 47.5 Å². The summed E-state index contributed by atoms with van der Waals surface area (Å²) in [5, 5.41) is 11.6. The molecule has 5 nitrogen and oxygen atoms in total. The minimum Gasteiger partial charge on any atom is -0.480 e. The molecule has 0 radical (unpaired) electrons. The Labute approximate surface area is 172 Å². The van der Waals surface area contributed by atoms with Gasteiger partial charge in [-0.05, 0) is 36.6 Å². The van der Waals surface area contributed by atoms with Crippen LogP contribution in [0.25, 0.3) is 20.2 Å². The van der Waals surface area contributed by atoms with Crippen LogP contribution in [0.15, 0.2) is 77.7 Å². The molecule has 1 atom stereocenters. The number of carboxylic acid groups (broad SMARTS) is 1. The van der Waals surface area contributed by atoms with Crippen LogP contribution < -0.4 is 4.72 Å². The van der Waals surface area contributed by atoms with E-state index in [1.54, 1.807) is 12.1 Å². The summed E-state index contributed by atoms with van der Waals surface area (Å²) in [5.74, 6) is -1.19. The Morgan fingerprint density at radius 2 is 1.62 bits per heavy atom. The molecule has 0 unspecified atom stereocenters. The van der Waals surface area contributed by atoms with Crippen molar-refractivity contribution in [2.75, 3.05) is 0 Å². The van der Waals surface area contributed by atoms with E-state index in [2.05, 4.69) is 4.72 Å². The summed E-state index contributed by atoms with van der Waals surface area (Å²) in [5.41, 5.74) is 0.963. The zero-order valence-electron chi connectivity index (χ0n) is 15.4. The molecule has 0 aliphatic rings. The van der Waals surface area contributed by atoms with Gasteiger partial charge in [-0.15, -0.1) is 11.3 Å². The van der Waals surface area contributed by atoms with Crippen LogP contribution in [0.1, 0.15) is 12.0 Å². The van der Waals surface area contributed by atoms with Crippen LogP contribution in [0.2, 0.25) is 0 Å². The van der Waals surface area contributed by atoms with E-state index in [0.29, 0.717) is 6.42 Å². The van der Waals surface area contributed by atoms with Crippen LogP contribution in [0.3, 0.4) is 0 Å². The molecule has 29 heavy (non-hydrogen) atoms. The van der Waals surface area contributed by atoms with Crippen LogP contribution in [0.4, 0.5) is 0 Å². The average molecular weight is 426 g/mol. The van der Waals surface area contributed by atoms with Crippen LogP contribution in [-0.2, 0) is 21.2 Å². The number of carbonyl (C=O) groups is 1. The van der Waals surface area contributed by atoms with Gasteiger partial charge in [0.2, 0.25) is 10.0 Å². The summed E-state index contributed by atoms with van der Waals surface area (Å²) in [7, 11) is -3.96. The molecule has 0 aliphatic carbocycles. The number of benzene rings is 3. The quantitative estimate of drug-likeness (QED) is 0.459. The number of thiophene rings is 1. The first-order chi connectivity index (χ1) is 13.9. The molecule has 0 amide bonds. The zero-order chi connectivity index (χ0) is 20.4. The number of rotatable bonds is 7. The number of hydrogen-bond donors (Lipinski definition) is 2. The lowest BCUT2D eigenvalue weighted by Crippen LogP contribution is -2.41. The highest BCUT2D eigenvalue weighted by Gasteiger charge is 2.25. The molecule has 1 aromatic heterocycles. The number of nitrogens with one attached hydrogen (secondary N) is 1. The van der Waals surface area contributed by atoms with Gasteiger partial charge in [0, 0.05) is 20.2 Å². The molecule has 3 aromatic carbocycles. The number of aryl methyl sites for hydroxylation is 1. The summed E-state index contributed by atoms with van der Waals surface area (Å²) in [6, 6.07) is 21.0. The molecule has 0 saturated heterocycles. The third kappa shape index (κ3) is 4.17. The van der Waals surface area contributed by atoms with Crippen LogP contribution >= 0.6 is 11.3 Å². The van der Waals surface area contributed by atoms with Gasteiger partial charge in [-0.1, -0.05) is 54.6 Å². The van der Waals surface area contributed by atoms with Crippen molar-refractivity contribution in [3.8, 4) is 0 Å². The molecule has 0 fully saturated rings. The van der Waals surface area contributed by atoms with Gasteiger partial charge in [-0.3, -0.25) is 4.79 Å². The van der Waals surface area contributed by atoms with E-state index in [1.165, 1.54) is 17.4 Å². The monoisotopic (exact) mass is 425 g/mol. The predicted molar refractivity (Wildman–Crippen MR) is 116 cm³/mol. The maximum atomic E-state index is 12.8. The van der Waals surface area contributed by atoms with Gasteiger partial charge >= 0.3 is 5.97 Å². The third-order valence-electron chi connectivity index (χ3n) is 4.82. The molecule has 0 bridgehead atoms. The molecule has 148 valence electrons. The van der Waals surface area contributed by atoms with E-state index in [4.69, 9.17) is 0 Å². The van der Waals surface area contributed by atoms with Crippen molar-refractivity contribution in [2.24, 2.45) is 0 Å². The molecule has 7 heteroatoms. The Bertz CT molecular complexity index is 1280. The maximum absolute atomic E-state index is 12.8. The maximum Gasteiger partial charge on any atom is 0.321 e. The number of hydrogen-bond acceptors (Lipinski definition) is 4. The molecule has 0 spiro atoms. The van der Waals surface area contributed by atoms with Crippen molar-refractivity contribution in [2.45, 2.75) is 23.8 Å². The number of aliphatic carboxylic acids is 1. The minimum atomic E-state index is -3.96. The summed E-state index contributed by atoms with van der Waals surface area (Å²) >= 11 is 1.52. The first kappa shape index (κ1) is 19.6. The van der Waals surface area contributed by atoms with Crippen molar-refractivity contribution in [3.63, 3.8) is 0 Å². The lowest BCUT2D eigenvalue weighted by atomic mass is 10.1. The van der Waals surface area contributed by atoms with Gasteiger partial charge < -0.3 is 5.11 Å². The van der Waals surface area contributed by atoms with E-state index < -0.39 is 22.0 Å². The second-order valence-electron chi connectivity index (χ2n) is 6.79. The SMILES string of the molecule is O=C(O)[C@H](CCc1ccccc1)NS(=O)(=O)c1ccc2c(c1)sc1ccccc12. The summed E-state index contributed by atoms with van der Waals surface area (Å²) in [6.45, 7) is 0. The summed E-state index contributed by atoms with van der Waals surface area (Å²) in [4.78, 5) is 11.7. The van der Waals surface area contributed by atoms with E-state index in [-0.39, 0.29) is 11.3 Å².